The first-order valence-corrected chi connectivity index (χ1v) is 9.48. The summed E-state index contributed by atoms with van der Waals surface area (Å²) in [6.45, 7) is 1.93. The first-order valence-electron chi connectivity index (χ1n) is 9.48. The third kappa shape index (κ3) is 5.24. The lowest BCUT2D eigenvalue weighted by molar-refractivity contribution is -0.384. The lowest BCUT2D eigenvalue weighted by Crippen LogP contribution is -2.26. The van der Waals surface area contributed by atoms with Gasteiger partial charge in [0, 0.05) is 24.4 Å². The van der Waals surface area contributed by atoms with Crippen LogP contribution in [0.2, 0.25) is 0 Å². The summed E-state index contributed by atoms with van der Waals surface area (Å²) >= 11 is 0. The maximum absolute atomic E-state index is 12.9. The number of rotatable bonds is 7. The number of nitro benzene ring substituents is 1. The number of esters is 1. The predicted octanol–water partition coefficient (Wildman–Crippen LogP) is 4.48. The fraction of sp³-hybridized carbons (Fsp3) is 0.130. The average molecular weight is 419 g/mol. The molecule has 0 saturated carbocycles. The molecular weight excluding hydrogens is 398 g/mol. The van der Waals surface area contributed by atoms with E-state index in [1.54, 1.807) is 49.5 Å². The van der Waals surface area contributed by atoms with Crippen molar-refractivity contribution in [2.75, 3.05) is 17.7 Å². The molecule has 0 saturated heterocycles. The first-order chi connectivity index (χ1) is 14.9. The van der Waals surface area contributed by atoms with Crippen LogP contribution in [0.15, 0.2) is 72.8 Å². The molecule has 1 amide bonds. The molecule has 0 unspecified atom stereocenters. The quantitative estimate of drug-likeness (QED) is 0.332. The van der Waals surface area contributed by atoms with Crippen LogP contribution in [0.1, 0.15) is 27.6 Å². The number of nitrogens with zero attached hydrogens (tertiary/aromatic N) is 1. The zero-order valence-electron chi connectivity index (χ0n) is 17.0. The highest BCUT2D eigenvalue weighted by atomic mass is 16.6. The summed E-state index contributed by atoms with van der Waals surface area (Å²) in [5, 5.41) is 16.7. The minimum Gasteiger partial charge on any atom is -0.444 e. The second-order valence-corrected chi connectivity index (χ2v) is 6.79. The molecule has 3 aromatic carbocycles. The smallest absolute Gasteiger partial charge is 0.339 e. The van der Waals surface area contributed by atoms with Crippen LogP contribution in [0.5, 0.6) is 0 Å². The Morgan fingerprint density at radius 3 is 2.29 bits per heavy atom. The molecule has 3 rings (SSSR count). The SMILES string of the molecule is CNc1ccc(C(=O)O[C@H](C(=O)Nc2ccc(C)cc2)c2ccccc2)cc1[N+](=O)[O-]. The topological polar surface area (TPSA) is 111 Å². The molecule has 0 bridgehead atoms. The average Bonchev–Trinajstić information content (AvgIpc) is 2.78. The monoisotopic (exact) mass is 419 g/mol. The number of hydrogen-bond acceptors (Lipinski definition) is 6. The molecule has 0 radical (unpaired) electrons. The highest BCUT2D eigenvalue weighted by molar-refractivity contribution is 5.98. The number of carbonyl (C=O) groups is 2. The van der Waals surface area contributed by atoms with Crippen LogP contribution >= 0.6 is 0 Å². The predicted molar refractivity (Wildman–Crippen MR) is 117 cm³/mol. The van der Waals surface area contributed by atoms with E-state index in [2.05, 4.69) is 10.6 Å². The van der Waals surface area contributed by atoms with Gasteiger partial charge < -0.3 is 15.4 Å². The van der Waals surface area contributed by atoms with Gasteiger partial charge in [-0.05, 0) is 31.2 Å². The van der Waals surface area contributed by atoms with Crippen molar-refractivity contribution in [2.45, 2.75) is 13.0 Å². The highest BCUT2D eigenvalue weighted by Crippen LogP contribution is 2.27. The summed E-state index contributed by atoms with van der Waals surface area (Å²) in [5.74, 6) is -1.39. The third-order valence-electron chi connectivity index (χ3n) is 4.58. The third-order valence-corrected chi connectivity index (χ3v) is 4.58. The first kappa shape index (κ1) is 21.5. The Kier molecular flexibility index (Phi) is 6.61. The van der Waals surface area contributed by atoms with Gasteiger partial charge in [-0.25, -0.2) is 4.79 Å². The normalized spacial score (nSPS) is 11.3. The molecule has 0 heterocycles. The van der Waals surface area contributed by atoms with E-state index in [1.807, 2.05) is 19.1 Å². The van der Waals surface area contributed by atoms with Gasteiger partial charge in [0.1, 0.15) is 5.69 Å². The summed E-state index contributed by atoms with van der Waals surface area (Å²) < 4.78 is 5.49. The molecule has 0 fully saturated rings. The minimum absolute atomic E-state index is 0.0326. The van der Waals surface area contributed by atoms with Crippen molar-refractivity contribution < 1.29 is 19.2 Å². The Hall–Kier alpha value is -4.20. The molecule has 0 aliphatic rings. The molecule has 3 aromatic rings. The minimum atomic E-state index is -1.24. The van der Waals surface area contributed by atoms with Crippen LogP contribution < -0.4 is 10.6 Å². The molecule has 0 aliphatic carbocycles. The molecule has 2 N–H and O–H groups in total. The number of hydrogen-bond donors (Lipinski definition) is 2. The molecule has 1 atom stereocenters. The van der Waals surface area contributed by atoms with Gasteiger partial charge in [0.05, 0.1) is 10.5 Å². The highest BCUT2D eigenvalue weighted by Gasteiger charge is 2.27. The molecule has 0 aliphatic heterocycles. The van der Waals surface area contributed by atoms with E-state index in [4.69, 9.17) is 4.74 Å². The maximum atomic E-state index is 12.9. The number of benzene rings is 3. The van der Waals surface area contributed by atoms with Gasteiger partial charge in [-0.15, -0.1) is 0 Å². The largest absolute Gasteiger partial charge is 0.444 e. The molecule has 8 heteroatoms. The number of nitrogens with one attached hydrogen (secondary N) is 2. The van der Waals surface area contributed by atoms with Crippen molar-refractivity contribution >= 4 is 28.9 Å². The Morgan fingerprint density at radius 1 is 1.00 bits per heavy atom. The van der Waals surface area contributed by atoms with Gasteiger partial charge in [0.2, 0.25) is 6.10 Å². The zero-order chi connectivity index (χ0) is 22.4. The number of aryl methyl sites for hydroxylation is 1. The van der Waals surface area contributed by atoms with E-state index in [-0.39, 0.29) is 16.9 Å². The van der Waals surface area contributed by atoms with Gasteiger partial charge in [-0.3, -0.25) is 14.9 Å². The van der Waals surface area contributed by atoms with E-state index in [9.17, 15) is 19.7 Å². The number of carbonyl (C=O) groups excluding carboxylic acids is 2. The summed E-state index contributed by atoms with van der Waals surface area (Å²) in [5.41, 5.74) is 2.03. The lowest BCUT2D eigenvalue weighted by Gasteiger charge is -2.18. The molecule has 31 heavy (non-hydrogen) atoms. The number of ether oxygens (including phenoxy) is 1. The fourth-order valence-corrected chi connectivity index (χ4v) is 2.94. The number of nitro groups is 1. The van der Waals surface area contributed by atoms with Crippen molar-refractivity contribution in [3.05, 3.63) is 99.6 Å². The second kappa shape index (κ2) is 9.53. The Morgan fingerprint density at radius 2 is 1.68 bits per heavy atom. The number of amides is 1. The van der Waals surface area contributed by atoms with Crippen LogP contribution in [0.3, 0.4) is 0 Å². The van der Waals surface area contributed by atoms with Crippen molar-refractivity contribution in [2.24, 2.45) is 0 Å². The molecular formula is C23H21N3O5. The van der Waals surface area contributed by atoms with Crippen LogP contribution in [-0.4, -0.2) is 23.8 Å². The van der Waals surface area contributed by atoms with Gasteiger partial charge >= 0.3 is 5.97 Å². The Bertz CT molecular complexity index is 1100. The fourth-order valence-electron chi connectivity index (χ4n) is 2.94. The van der Waals surface area contributed by atoms with Gasteiger partial charge in [0.15, 0.2) is 0 Å². The number of anilines is 2. The molecule has 0 spiro atoms. The molecule has 8 nitrogen and oxygen atoms in total. The van der Waals surface area contributed by atoms with Gasteiger partial charge in [-0.2, -0.15) is 0 Å². The van der Waals surface area contributed by atoms with Crippen molar-refractivity contribution in [1.82, 2.24) is 0 Å². The van der Waals surface area contributed by atoms with E-state index >= 15 is 0 Å². The zero-order valence-corrected chi connectivity index (χ0v) is 17.0. The van der Waals surface area contributed by atoms with Crippen LogP contribution in [0.4, 0.5) is 17.1 Å². The maximum Gasteiger partial charge on any atom is 0.339 e. The Balaban J connectivity index is 1.87. The summed E-state index contributed by atoms with van der Waals surface area (Å²) in [4.78, 5) is 36.4. The van der Waals surface area contributed by atoms with Crippen molar-refractivity contribution in [1.29, 1.82) is 0 Å². The molecule has 158 valence electrons. The summed E-state index contributed by atoms with van der Waals surface area (Å²) in [6.07, 6.45) is -1.24. The summed E-state index contributed by atoms with van der Waals surface area (Å²) in [6, 6.07) is 19.7. The van der Waals surface area contributed by atoms with E-state index in [0.717, 1.165) is 11.6 Å². The van der Waals surface area contributed by atoms with E-state index in [0.29, 0.717) is 11.3 Å². The van der Waals surface area contributed by atoms with E-state index < -0.39 is 22.9 Å². The van der Waals surface area contributed by atoms with Crippen molar-refractivity contribution in [3.63, 3.8) is 0 Å². The second-order valence-electron chi connectivity index (χ2n) is 6.79. The van der Waals surface area contributed by atoms with Crippen LogP contribution in [0.25, 0.3) is 0 Å². The Labute approximate surface area is 179 Å². The van der Waals surface area contributed by atoms with Crippen LogP contribution in [-0.2, 0) is 9.53 Å². The molecule has 0 aromatic heterocycles. The van der Waals surface area contributed by atoms with Crippen molar-refractivity contribution in [3.8, 4) is 0 Å². The summed E-state index contributed by atoms with van der Waals surface area (Å²) in [7, 11) is 1.54. The van der Waals surface area contributed by atoms with Gasteiger partial charge in [0.25, 0.3) is 11.6 Å². The lowest BCUT2D eigenvalue weighted by atomic mass is 10.1. The standard InChI is InChI=1S/C23H21N3O5/c1-15-8-11-18(12-9-15)25-22(27)21(16-6-4-3-5-7-16)31-23(28)17-10-13-19(24-2)20(14-17)26(29)30/h3-14,21,24H,1-2H3,(H,25,27)/t21-/m0/s1. The van der Waals surface area contributed by atoms with E-state index in [1.165, 1.54) is 12.1 Å². The van der Waals surface area contributed by atoms with Crippen LogP contribution in [0, 0.1) is 17.0 Å². The van der Waals surface area contributed by atoms with Gasteiger partial charge in [-0.1, -0.05) is 48.0 Å².